The number of nitrogens with one attached hydrogen (secondary N) is 1. The second kappa shape index (κ2) is 5.13. The average Bonchev–Trinajstić information content (AvgIpc) is 2.51. The van der Waals surface area contributed by atoms with Crippen LogP contribution in [0.2, 0.25) is 0 Å². The summed E-state index contributed by atoms with van der Waals surface area (Å²) >= 11 is 2.03. The first-order chi connectivity index (χ1) is 7.31. The minimum atomic E-state index is 0.534. The highest BCUT2D eigenvalue weighted by atomic mass is 32.1. The van der Waals surface area contributed by atoms with Gasteiger partial charge < -0.3 is 5.32 Å². The van der Waals surface area contributed by atoms with Crippen LogP contribution in [0.25, 0.3) is 0 Å². The molecule has 0 fully saturated rings. The summed E-state index contributed by atoms with van der Waals surface area (Å²) in [5, 5.41) is 3.50. The van der Waals surface area contributed by atoms with Crippen LogP contribution in [0.5, 0.6) is 0 Å². The Labute approximate surface area is 96.9 Å². The van der Waals surface area contributed by atoms with Gasteiger partial charge in [0, 0.05) is 15.8 Å². The molecule has 1 aliphatic rings. The zero-order valence-corrected chi connectivity index (χ0v) is 10.6. The maximum atomic E-state index is 3.50. The standard InChI is InChI=1S/C13H21NS/c1-3-14-10(2)13-9-11-7-5-4-6-8-12(11)15-13/h9-10,14H,3-8H2,1-2H3. The van der Waals surface area contributed by atoms with Crippen molar-refractivity contribution in [2.75, 3.05) is 6.54 Å². The van der Waals surface area contributed by atoms with Crippen LogP contribution in [0.1, 0.15) is 54.5 Å². The normalized spacial score (nSPS) is 18.3. The summed E-state index contributed by atoms with van der Waals surface area (Å²) in [5.74, 6) is 0. The molecule has 0 aliphatic heterocycles. The van der Waals surface area contributed by atoms with Crippen molar-refractivity contribution in [1.29, 1.82) is 0 Å². The maximum absolute atomic E-state index is 3.50. The van der Waals surface area contributed by atoms with E-state index in [0.29, 0.717) is 6.04 Å². The van der Waals surface area contributed by atoms with Gasteiger partial charge in [-0.2, -0.15) is 0 Å². The van der Waals surface area contributed by atoms with E-state index in [4.69, 9.17) is 0 Å². The predicted octanol–water partition coefficient (Wildman–Crippen LogP) is 3.69. The lowest BCUT2D eigenvalue weighted by Gasteiger charge is -2.09. The smallest absolute Gasteiger partial charge is 0.0386 e. The molecule has 2 rings (SSSR count). The first-order valence-corrected chi connectivity index (χ1v) is 6.97. The van der Waals surface area contributed by atoms with E-state index >= 15 is 0 Å². The van der Waals surface area contributed by atoms with Crippen LogP contribution in [0.4, 0.5) is 0 Å². The topological polar surface area (TPSA) is 12.0 Å². The minimum absolute atomic E-state index is 0.534. The monoisotopic (exact) mass is 223 g/mol. The molecule has 1 N–H and O–H groups in total. The molecule has 84 valence electrons. The first-order valence-electron chi connectivity index (χ1n) is 6.16. The van der Waals surface area contributed by atoms with Crippen LogP contribution >= 0.6 is 11.3 Å². The van der Waals surface area contributed by atoms with E-state index in [-0.39, 0.29) is 0 Å². The van der Waals surface area contributed by atoms with Gasteiger partial charge in [0.25, 0.3) is 0 Å². The number of hydrogen-bond acceptors (Lipinski definition) is 2. The molecule has 1 nitrogen and oxygen atoms in total. The first kappa shape index (κ1) is 11.2. The molecule has 15 heavy (non-hydrogen) atoms. The molecule has 1 aromatic heterocycles. The van der Waals surface area contributed by atoms with Crippen LogP contribution in [-0.4, -0.2) is 6.54 Å². The summed E-state index contributed by atoms with van der Waals surface area (Å²) in [6.45, 7) is 5.51. The van der Waals surface area contributed by atoms with Crippen molar-refractivity contribution in [2.45, 2.75) is 52.0 Å². The molecular weight excluding hydrogens is 202 g/mol. The van der Waals surface area contributed by atoms with Gasteiger partial charge in [-0.05, 0) is 50.8 Å². The van der Waals surface area contributed by atoms with Gasteiger partial charge >= 0.3 is 0 Å². The third kappa shape index (κ3) is 2.61. The molecule has 1 unspecified atom stereocenters. The summed E-state index contributed by atoms with van der Waals surface area (Å²) in [4.78, 5) is 3.19. The Morgan fingerprint density at radius 1 is 1.33 bits per heavy atom. The lowest BCUT2D eigenvalue weighted by Crippen LogP contribution is -2.16. The van der Waals surface area contributed by atoms with Gasteiger partial charge in [-0.25, -0.2) is 0 Å². The van der Waals surface area contributed by atoms with Crippen LogP contribution in [-0.2, 0) is 12.8 Å². The van der Waals surface area contributed by atoms with Gasteiger partial charge in [-0.1, -0.05) is 13.3 Å². The van der Waals surface area contributed by atoms with E-state index in [1.54, 1.807) is 10.4 Å². The van der Waals surface area contributed by atoms with Gasteiger partial charge in [-0.15, -0.1) is 11.3 Å². The van der Waals surface area contributed by atoms with Crippen LogP contribution in [0.15, 0.2) is 6.07 Å². The van der Waals surface area contributed by atoms with E-state index in [1.807, 2.05) is 11.3 Å². The van der Waals surface area contributed by atoms with Gasteiger partial charge in [0.05, 0.1) is 0 Å². The summed E-state index contributed by atoms with van der Waals surface area (Å²) in [6.07, 6.45) is 6.82. The van der Waals surface area contributed by atoms with Crippen molar-refractivity contribution in [1.82, 2.24) is 5.32 Å². The zero-order chi connectivity index (χ0) is 10.7. The molecule has 0 aromatic carbocycles. The van der Waals surface area contributed by atoms with Crippen molar-refractivity contribution in [3.8, 4) is 0 Å². The summed E-state index contributed by atoms with van der Waals surface area (Å²) in [5.41, 5.74) is 1.64. The number of thiophene rings is 1. The highest BCUT2D eigenvalue weighted by Gasteiger charge is 2.14. The highest BCUT2D eigenvalue weighted by Crippen LogP contribution is 2.31. The number of aryl methyl sites for hydroxylation is 2. The number of hydrogen-bond donors (Lipinski definition) is 1. The van der Waals surface area contributed by atoms with E-state index in [9.17, 15) is 0 Å². The molecule has 0 bridgehead atoms. The summed E-state index contributed by atoms with van der Waals surface area (Å²) in [6, 6.07) is 2.98. The molecule has 1 heterocycles. The zero-order valence-electron chi connectivity index (χ0n) is 9.81. The summed E-state index contributed by atoms with van der Waals surface area (Å²) < 4.78 is 0. The SMILES string of the molecule is CCNC(C)c1cc2c(s1)CCCCC2. The molecule has 0 amide bonds. The Morgan fingerprint density at radius 2 is 2.13 bits per heavy atom. The second-order valence-corrected chi connectivity index (χ2v) is 5.61. The lowest BCUT2D eigenvalue weighted by atomic mass is 10.1. The number of rotatable bonds is 3. The fraction of sp³-hybridized carbons (Fsp3) is 0.692. The maximum Gasteiger partial charge on any atom is 0.0386 e. The van der Waals surface area contributed by atoms with Gasteiger partial charge in [0.2, 0.25) is 0 Å². The van der Waals surface area contributed by atoms with E-state index < -0.39 is 0 Å². The molecule has 0 saturated carbocycles. The molecule has 0 spiro atoms. The highest BCUT2D eigenvalue weighted by molar-refractivity contribution is 7.12. The molecule has 1 aromatic rings. The Hall–Kier alpha value is -0.340. The second-order valence-electron chi connectivity index (χ2n) is 4.44. The Kier molecular flexibility index (Phi) is 3.81. The van der Waals surface area contributed by atoms with Crippen molar-refractivity contribution in [2.24, 2.45) is 0 Å². The van der Waals surface area contributed by atoms with E-state index in [0.717, 1.165) is 6.54 Å². The van der Waals surface area contributed by atoms with Crippen molar-refractivity contribution < 1.29 is 0 Å². The van der Waals surface area contributed by atoms with Crippen LogP contribution in [0.3, 0.4) is 0 Å². The molecule has 0 saturated heterocycles. The molecule has 2 heteroatoms. The van der Waals surface area contributed by atoms with Crippen molar-refractivity contribution in [3.05, 3.63) is 21.4 Å². The van der Waals surface area contributed by atoms with Crippen molar-refractivity contribution >= 4 is 11.3 Å². The molecule has 0 radical (unpaired) electrons. The van der Waals surface area contributed by atoms with E-state index in [2.05, 4.69) is 25.2 Å². The van der Waals surface area contributed by atoms with Crippen molar-refractivity contribution in [3.63, 3.8) is 0 Å². The minimum Gasteiger partial charge on any atom is -0.310 e. The quantitative estimate of drug-likeness (QED) is 0.771. The van der Waals surface area contributed by atoms with E-state index in [1.165, 1.54) is 37.0 Å². The van der Waals surface area contributed by atoms with Gasteiger partial charge in [-0.3, -0.25) is 0 Å². The predicted molar refractivity (Wildman–Crippen MR) is 67.7 cm³/mol. The fourth-order valence-electron chi connectivity index (χ4n) is 2.31. The largest absolute Gasteiger partial charge is 0.310 e. The Balaban J connectivity index is 2.14. The lowest BCUT2D eigenvalue weighted by molar-refractivity contribution is 0.606. The van der Waals surface area contributed by atoms with Crippen LogP contribution < -0.4 is 5.32 Å². The third-order valence-electron chi connectivity index (χ3n) is 3.20. The van der Waals surface area contributed by atoms with Crippen LogP contribution in [0, 0.1) is 0 Å². The Morgan fingerprint density at radius 3 is 2.93 bits per heavy atom. The molecular formula is C13H21NS. The molecule has 1 aliphatic carbocycles. The average molecular weight is 223 g/mol. The van der Waals surface area contributed by atoms with Gasteiger partial charge in [0.1, 0.15) is 0 Å². The van der Waals surface area contributed by atoms with Gasteiger partial charge in [0.15, 0.2) is 0 Å². The summed E-state index contributed by atoms with van der Waals surface area (Å²) in [7, 11) is 0. The third-order valence-corrected chi connectivity index (χ3v) is 4.62. The number of fused-ring (bicyclic) bond motifs is 1. The molecule has 1 atom stereocenters. The fourth-order valence-corrected chi connectivity index (χ4v) is 3.59. The Bertz CT molecular complexity index is 293.